The fourth-order valence-corrected chi connectivity index (χ4v) is 0.953. The molecule has 1 fully saturated rings. The van der Waals surface area contributed by atoms with Gasteiger partial charge in [0.2, 0.25) is 5.91 Å². The van der Waals surface area contributed by atoms with Gasteiger partial charge in [-0.3, -0.25) is 4.79 Å². The number of hydrogen-bond donors (Lipinski definition) is 3. The molecule has 0 heterocycles. The molecule has 1 aliphatic rings. The minimum absolute atomic E-state index is 0.306. The summed E-state index contributed by atoms with van der Waals surface area (Å²) in [5.74, 6) is -0.715. The highest BCUT2D eigenvalue weighted by Gasteiger charge is 2.40. The molecule has 9 heavy (non-hydrogen) atoms. The average Bonchev–Trinajstić information content (AvgIpc) is 1.81. The number of carbonyl (C=O) groups is 1. The van der Waals surface area contributed by atoms with Gasteiger partial charge in [0.05, 0.1) is 12.0 Å². The molecule has 0 bridgehead atoms. The van der Waals surface area contributed by atoms with Crippen molar-refractivity contribution in [1.82, 2.24) is 0 Å². The van der Waals surface area contributed by atoms with E-state index in [1.807, 2.05) is 0 Å². The molecular weight excluding hydrogens is 120 g/mol. The first-order valence-electron chi connectivity index (χ1n) is 2.86. The number of carbonyl (C=O) groups excluding carboxylic acids is 1. The Balaban J connectivity index is 2.42. The quantitative estimate of drug-likeness (QED) is 0.390. The van der Waals surface area contributed by atoms with E-state index in [0.29, 0.717) is 6.42 Å². The number of amides is 1. The third-order valence-corrected chi connectivity index (χ3v) is 1.77. The van der Waals surface area contributed by atoms with Crippen LogP contribution in [0.4, 0.5) is 0 Å². The van der Waals surface area contributed by atoms with Gasteiger partial charge in [0.15, 0.2) is 0 Å². The van der Waals surface area contributed by atoms with Gasteiger partial charge in [-0.15, -0.1) is 0 Å². The second-order valence-corrected chi connectivity index (χ2v) is 2.39. The number of aliphatic hydroxyl groups excluding tert-OH is 1. The van der Waals surface area contributed by atoms with E-state index in [-0.39, 0.29) is 5.92 Å². The molecule has 1 aliphatic carbocycles. The third kappa shape index (κ3) is 0.906. The van der Waals surface area contributed by atoms with Gasteiger partial charge in [-0.05, 0) is 6.42 Å². The molecule has 4 heteroatoms. The van der Waals surface area contributed by atoms with Crippen LogP contribution in [0.1, 0.15) is 6.42 Å². The van der Waals surface area contributed by atoms with E-state index in [1.165, 1.54) is 0 Å². The zero-order valence-corrected chi connectivity index (χ0v) is 4.95. The molecule has 1 saturated carbocycles. The van der Waals surface area contributed by atoms with E-state index < -0.39 is 18.1 Å². The Morgan fingerprint density at radius 2 is 2.22 bits per heavy atom. The first kappa shape index (κ1) is 6.51. The summed E-state index contributed by atoms with van der Waals surface area (Å²) in [4.78, 5) is 10.4. The van der Waals surface area contributed by atoms with Gasteiger partial charge in [0.25, 0.3) is 0 Å². The van der Waals surface area contributed by atoms with Crippen molar-refractivity contribution in [2.45, 2.75) is 18.6 Å². The molecule has 0 aromatic heterocycles. The Morgan fingerprint density at radius 3 is 2.33 bits per heavy atom. The molecule has 1 rings (SSSR count). The average molecular weight is 130 g/mol. The summed E-state index contributed by atoms with van der Waals surface area (Å²) < 4.78 is 0. The topological polar surface area (TPSA) is 89.3 Å². The summed E-state index contributed by atoms with van der Waals surface area (Å²) in [5, 5.41) is 8.80. The summed E-state index contributed by atoms with van der Waals surface area (Å²) in [5.41, 5.74) is 10.2. The molecular formula is C5H10N2O2. The predicted molar refractivity (Wildman–Crippen MR) is 31.3 cm³/mol. The molecule has 0 saturated heterocycles. The largest absolute Gasteiger partial charge is 0.391 e. The predicted octanol–water partition coefficient (Wildman–Crippen LogP) is -1.82. The molecule has 3 unspecified atom stereocenters. The third-order valence-electron chi connectivity index (χ3n) is 1.77. The number of primary amides is 1. The monoisotopic (exact) mass is 130 g/mol. The Labute approximate surface area is 52.8 Å². The Hall–Kier alpha value is -0.610. The molecule has 4 nitrogen and oxygen atoms in total. The van der Waals surface area contributed by atoms with Gasteiger partial charge in [-0.2, -0.15) is 0 Å². The lowest BCUT2D eigenvalue weighted by Gasteiger charge is -2.36. The molecule has 0 aromatic carbocycles. The molecule has 3 atom stereocenters. The van der Waals surface area contributed by atoms with Crippen LogP contribution in [0.25, 0.3) is 0 Å². The maximum absolute atomic E-state index is 10.4. The van der Waals surface area contributed by atoms with E-state index in [4.69, 9.17) is 16.6 Å². The van der Waals surface area contributed by atoms with E-state index in [2.05, 4.69) is 0 Å². The number of hydrogen-bond acceptors (Lipinski definition) is 3. The van der Waals surface area contributed by atoms with E-state index in [1.54, 1.807) is 0 Å². The van der Waals surface area contributed by atoms with Gasteiger partial charge in [0.1, 0.15) is 0 Å². The highest BCUT2D eigenvalue weighted by molar-refractivity contribution is 5.78. The van der Waals surface area contributed by atoms with Crippen LogP contribution >= 0.6 is 0 Å². The lowest BCUT2D eigenvalue weighted by atomic mass is 9.77. The van der Waals surface area contributed by atoms with E-state index in [0.717, 1.165) is 0 Å². The number of nitrogens with two attached hydrogens (primary N) is 2. The number of aliphatic hydroxyl groups is 1. The maximum Gasteiger partial charge on any atom is 0.222 e. The van der Waals surface area contributed by atoms with Crippen LogP contribution < -0.4 is 11.5 Å². The lowest BCUT2D eigenvalue weighted by Crippen LogP contribution is -2.57. The first-order chi connectivity index (χ1) is 4.13. The van der Waals surface area contributed by atoms with Gasteiger partial charge in [-0.25, -0.2) is 0 Å². The Bertz CT molecular complexity index is 137. The molecule has 0 aromatic rings. The van der Waals surface area contributed by atoms with Gasteiger partial charge >= 0.3 is 0 Å². The van der Waals surface area contributed by atoms with Crippen molar-refractivity contribution < 1.29 is 9.90 Å². The van der Waals surface area contributed by atoms with Crippen LogP contribution in [0.3, 0.4) is 0 Å². The van der Waals surface area contributed by atoms with Gasteiger partial charge < -0.3 is 16.6 Å². The normalized spacial score (nSPS) is 41.8. The standard InChI is InChI=1S/C5H10N2O2/c6-4-2(5(7)9)1-3(4)8/h2-4,8H,1,6H2,(H2,7,9). The zero-order chi connectivity index (χ0) is 7.02. The van der Waals surface area contributed by atoms with Crippen molar-refractivity contribution in [1.29, 1.82) is 0 Å². The summed E-state index contributed by atoms with van der Waals surface area (Å²) in [6.45, 7) is 0. The van der Waals surface area contributed by atoms with Crippen LogP contribution in [0.2, 0.25) is 0 Å². The van der Waals surface area contributed by atoms with Crippen molar-refractivity contribution in [2.24, 2.45) is 17.4 Å². The Morgan fingerprint density at radius 1 is 1.67 bits per heavy atom. The molecule has 0 spiro atoms. The van der Waals surface area contributed by atoms with Crippen LogP contribution in [0, 0.1) is 5.92 Å². The summed E-state index contributed by atoms with van der Waals surface area (Å²) in [7, 11) is 0. The van der Waals surface area contributed by atoms with E-state index >= 15 is 0 Å². The molecule has 0 aliphatic heterocycles. The highest BCUT2D eigenvalue weighted by atomic mass is 16.3. The maximum atomic E-state index is 10.4. The van der Waals surface area contributed by atoms with Crippen molar-refractivity contribution in [3.63, 3.8) is 0 Å². The van der Waals surface area contributed by atoms with Crippen LogP contribution in [-0.2, 0) is 4.79 Å². The minimum atomic E-state index is -0.525. The van der Waals surface area contributed by atoms with Gasteiger partial charge in [0, 0.05) is 6.04 Å². The van der Waals surface area contributed by atoms with Crippen molar-refractivity contribution >= 4 is 5.91 Å². The second-order valence-electron chi connectivity index (χ2n) is 2.39. The van der Waals surface area contributed by atoms with E-state index in [9.17, 15) is 4.79 Å². The zero-order valence-electron chi connectivity index (χ0n) is 4.95. The fourth-order valence-electron chi connectivity index (χ4n) is 0.953. The van der Waals surface area contributed by atoms with Crippen LogP contribution in [-0.4, -0.2) is 23.2 Å². The van der Waals surface area contributed by atoms with Crippen LogP contribution in [0.15, 0.2) is 0 Å². The molecule has 0 radical (unpaired) electrons. The second kappa shape index (κ2) is 1.97. The number of rotatable bonds is 1. The highest BCUT2D eigenvalue weighted by Crippen LogP contribution is 2.25. The van der Waals surface area contributed by atoms with Crippen molar-refractivity contribution in [3.8, 4) is 0 Å². The Kier molecular flexibility index (Phi) is 1.42. The molecule has 52 valence electrons. The first-order valence-corrected chi connectivity index (χ1v) is 2.86. The SMILES string of the molecule is NC(=O)C1CC(O)C1N. The summed E-state index contributed by atoms with van der Waals surface area (Å²) in [6.07, 6.45) is -0.0984. The summed E-state index contributed by atoms with van der Waals surface area (Å²) >= 11 is 0. The molecule has 5 N–H and O–H groups in total. The van der Waals surface area contributed by atoms with Crippen molar-refractivity contribution in [2.75, 3.05) is 0 Å². The minimum Gasteiger partial charge on any atom is -0.391 e. The summed E-state index contributed by atoms with van der Waals surface area (Å²) in [6, 6.07) is -0.428. The lowest BCUT2D eigenvalue weighted by molar-refractivity contribution is -0.129. The van der Waals surface area contributed by atoms with Crippen LogP contribution in [0.5, 0.6) is 0 Å². The molecule has 1 amide bonds. The van der Waals surface area contributed by atoms with Crippen molar-refractivity contribution in [3.05, 3.63) is 0 Å². The fraction of sp³-hybridized carbons (Fsp3) is 0.800. The van der Waals surface area contributed by atoms with Gasteiger partial charge in [-0.1, -0.05) is 0 Å². The smallest absolute Gasteiger partial charge is 0.222 e.